The SMILES string of the molecule is Cc1ccc(S(=O)O/N=C2C=C/C(=C(\C#N)c3ccccc3C)S\2)cc1. The first-order valence-corrected chi connectivity index (χ1v) is 9.78. The number of allylic oxidation sites excluding steroid dienone is 2. The predicted octanol–water partition coefficient (Wildman–Crippen LogP) is 4.89. The molecule has 0 radical (unpaired) electrons. The van der Waals surface area contributed by atoms with Crippen molar-refractivity contribution in [2.75, 3.05) is 0 Å². The number of rotatable bonds is 4. The van der Waals surface area contributed by atoms with Crippen LogP contribution in [0.1, 0.15) is 16.7 Å². The van der Waals surface area contributed by atoms with Crippen LogP contribution in [0.25, 0.3) is 5.57 Å². The van der Waals surface area contributed by atoms with Crippen LogP contribution in [0.15, 0.2) is 75.6 Å². The maximum absolute atomic E-state index is 12.1. The number of oxime groups is 1. The lowest BCUT2D eigenvalue weighted by atomic mass is 10.0. The van der Waals surface area contributed by atoms with E-state index in [4.69, 9.17) is 4.28 Å². The molecule has 0 bridgehead atoms. The first-order chi connectivity index (χ1) is 12.6. The summed E-state index contributed by atoms with van der Waals surface area (Å²) in [6.07, 6.45) is 3.58. The Morgan fingerprint density at radius 1 is 1.12 bits per heavy atom. The van der Waals surface area contributed by atoms with Gasteiger partial charge < -0.3 is 0 Å². The van der Waals surface area contributed by atoms with E-state index in [1.807, 2.05) is 56.3 Å². The van der Waals surface area contributed by atoms with Gasteiger partial charge in [0.05, 0.1) is 10.5 Å². The van der Waals surface area contributed by atoms with Crippen molar-refractivity contribution in [3.8, 4) is 6.07 Å². The number of nitriles is 1. The molecule has 1 atom stereocenters. The quantitative estimate of drug-likeness (QED) is 0.559. The minimum atomic E-state index is -1.67. The van der Waals surface area contributed by atoms with Crippen molar-refractivity contribution in [1.82, 2.24) is 0 Å². The second-order valence-corrected chi connectivity index (χ2v) is 7.81. The number of benzene rings is 2. The molecular weight excluding hydrogens is 364 g/mol. The second kappa shape index (κ2) is 8.17. The molecule has 1 unspecified atom stereocenters. The van der Waals surface area contributed by atoms with Gasteiger partial charge in [0.2, 0.25) is 0 Å². The third-order valence-electron chi connectivity index (χ3n) is 3.77. The maximum Gasteiger partial charge on any atom is 0.265 e. The fourth-order valence-corrected chi connectivity index (χ4v) is 3.84. The third-order valence-corrected chi connectivity index (χ3v) is 5.62. The largest absolute Gasteiger partial charge is 0.286 e. The van der Waals surface area contributed by atoms with Crippen LogP contribution in [-0.4, -0.2) is 9.25 Å². The van der Waals surface area contributed by atoms with Crippen molar-refractivity contribution in [2.45, 2.75) is 18.7 Å². The summed E-state index contributed by atoms with van der Waals surface area (Å²) >= 11 is -0.344. The average Bonchev–Trinajstić information content (AvgIpc) is 3.11. The molecule has 1 aliphatic rings. The topological polar surface area (TPSA) is 62.4 Å². The fourth-order valence-electron chi connectivity index (χ4n) is 2.38. The smallest absolute Gasteiger partial charge is 0.265 e. The number of thioether (sulfide) groups is 1. The molecule has 1 heterocycles. The Morgan fingerprint density at radius 2 is 1.85 bits per heavy atom. The van der Waals surface area contributed by atoms with Crippen LogP contribution in [0.5, 0.6) is 0 Å². The highest BCUT2D eigenvalue weighted by atomic mass is 32.2. The molecule has 2 aromatic carbocycles. The summed E-state index contributed by atoms with van der Waals surface area (Å²) in [5, 5.41) is 14.1. The Hall–Kier alpha value is -2.62. The molecule has 6 heteroatoms. The average molecular weight is 380 g/mol. The first kappa shape index (κ1) is 18.2. The van der Waals surface area contributed by atoms with Crippen molar-refractivity contribution >= 4 is 33.5 Å². The first-order valence-electron chi connectivity index (χ1n) is 7.88. The number of hydrogen-bond acceptors (Lipinski definition) is 5. The zero-order chi connectivity index (χ0) is 18.5. The van der Waals surface area contributed by atoms with Crippen LogP contribution in [-0.2, 0) is 15.4 Å². The summed E-state index contributed by atoms with van der Waals surface area (Å²) in [6, 6.07) is 17.3. The summed E-state index contributed by atoms with van der Waals surface area (Å²) in [4.78, 5) is 1.35. The molecule has 0 N–H and O–H groups in total. The van der Waals surface area contributed by atoms with Gasteiger partial charge in [-0.1, -0.05) is 58.9 Å². The summed E-state index contributed by atoms with van der Waals surface area (Å²) in [5.41, 5.74) is 3.61. The van der Waals surface area contributed by atoms with Crippen molar-refractivity contribution in [2.24, 2.45) is 5.16 Å². The molecule has 0 fully saturated rings. The summed E-state index contributed by atoms with van der Waals surface area (Å²) in [5.74, 6) is 0. The van der Waals surface area contributed by atoms with Gasteiger partial charge in [0.1, 0.15) is 11.1 Å². The zero-order valence-electron chi connectivity index (χ0n) is 14.3. The molecule has 0 aromatic heterocycles. The van der Waals surface area contributed by atoms with E-state index in [-0.39, 0.29) is 0 Å². The van der Waals surface area contributed by atoms with Crippen molar-refractivity contribution in [3.05, 3.63) is 82.3 Å². The standard InChI is InChI=1S/C20H16N2O2S2/c1-14-7-9-16(10-8-14)26(23)24-22-20-12-11-19(25-20)18(13-21)17-6-4-3-5-15(17)2/h3-12H,1-2H3/b19-18-,22-20+. The highest BCUT2D eigenvalue weighted by Gasteiger charge is 2.17. The Bertz CT molecular complexity index is 984. The van der Waals surface area contributed by atoms with E-state index in [1.54, 1.807) is 18.2 Å². The summed E-state index contributed by atoms with van der Waals surface area (Å²) in [7, 11) is 0. The molecule has 0 spiro atoms. The molecule has 3 rings (SSSR count). The minimum Gasteiger partial charge on any atom is -0.286 e. The van der Waals surface area contributed by atoms with Crippen molar-refractivity contribution in [1.29, 1.82) is 5.26 Å². The second-order valence-electron chi connectivity index (χ2n) is 5.65. The van der Waals surface area contributed by atoms with Gasteiger partial charge in [-0.3, -0.25) is 4.28 Å². The van der Waals surface area contributed by atoms with E-state index in [0.29, 0.717) is 15.5 Å². The van der Waals surface area contributed by atoms with Crippen LogP contribution in [0.4, 0.5) is 0 Å². The van der Waals surface area contributed by atoms with E-state index >= 15 is 0 Å². The third kappa shape index (κ3) is 4.13. The predicted molar refractivity (Wildman–Crippen MR) is 107 cm³/mol. The molecule has 1 aliphatic heterocycles. The molecular formula is C20H16N2O2S2. The highest BCUT2D eigenvalue weighted by Crippen LogP contribution is 2.34. The number of aryl methyl sites for hydroxylation is 2. The minimum absolute atomic E-state index is 0.556. The zero-order valence-corrected chi connectivity index (χ0v) is 15.9. The van der Waals surface area contributed by atoms with E-state index < -0.39 is 11.1 Å². The Labute approximate surface area is 159 Å². The van der Waals surface area contributed by atoms with Crippen molar-refractivity contribution in [3.63, 3.8) is 0 Å². The van der Waals surface area contributed by atoms with Gasteiger partial charge in [-0.05, 0) is 49.3 Å². The normalized spacial score (nSPS) is 17.8. The molecule has 0 aliphatic carbocycles. The number of hydrogen-bond donors (Lipinski definition) is 0. The lowest BCUT2D eigenvalue weighted by Gasteiger charge is -2.05. The monoisotopic (exact) mass is 380 g/mol. The van der Waals surface area contributed by atoms with Gasteiger partial charge in [-0.25, -0.2) is 4.21 Å². The Kier molecular flexibility index (Phi) is 5.71. The van der Waals surface area contributed by atoms with Gasteiger partial charge >= 0.3 is 0 Å². The molecule has 0 saturated heterocycles. The number of nitrogens with zero attached hydrogens (tertiary/aromatic N) is 2. The molecule has 4 nitrogen and oxygen atoms in total. The lowest BCUT2D eigenvalue weighted by molar-refractivity contribution is 0.376. The summed E-state index contributed by atoms with van der Waals surface area (Å²) < 4.78 is 17.3. The van der Waals surface area contributed by atoms with Crippen LogP contribution in [0.2, 0.25) is 0 Å². The van der Waals surface area contributed by atoms with Gasteiger partial charge in [0.15, 0.2) is 0 Å². The van der Waals surface area contributed by atoms with Gasteiger partial charge in [0, 0.05) is 4.91 Å². The molecule has 26 heavy (non-hydrogen) atoms. The Balaban J connectivity index is 1.76. The van der Waals surface area contributed by atoms with Crippen LogP contribution in [0.3, 0.4) is 0 Å². The Morgan fingerprint density at radius 3 is 2.54 bits per heavy atom. The van der Waals surface area contributed by atoms with Gasteiger partial charge in [-0.15, -0.1) is 0 Å². The molecule has 130 valence electrons. The molecule has 0 amide bonds. The van der Waals surface area contributed by atoms with Crippen LogP contribution in [0, 0.1) is 25.2 Å². The van der Waals surface area contributed by atoms with Gasteiger partial charge in [-0.2, -0.15) is 5.26 Å². The maximum atomic E-state index is 12.1. The molecule has 0 saturated carbocycles. The van der Waals surface area contributed by atoms with Crippen LogP contribution >= 0.6 is 11.8 Å². The molecule has 2 aromatic rings. The highest BCUT2D eigenvalue weighted by molar-refractivity contribution is 8.18. The van der Waals surface area contributed by atoms with E-state index in [0.717, 1.165) is 21.6 Å². The van der Waals surface area contributed by atoms with Gasteiger partial charge in [0.25, 0.3) is 11.1 Å². The van der Waals surface area contributed by atoms with E-state index in [1.165, 1.54) is 11.8 Å². The van der Waals surface area contributed by atoms with Crippen LogP contribution < -0.4 is 0 Å². The lowest BCUT2D eigenvalue weighted by Crippen LogP contribution is -1.95. The fraction of sp³-hybridized carbons (Fsp3) is 0.100. The van der Waals surface area contributed by atoms with Crippen molar-refractivity contribution < 1.29 is 8.49 Å². The van der Waals surface area contributed by atoms with E-state index in [2.05, 4.69) is 11.2 Å². The van der Waals surface area contributed by atoms with E-state index in [9.17, 15) is 9.47 Å². The summed E-state index contributed by atoms with van der Waals surface area (Å²) in [6.45, 7) is 3.93.